The first-order valence-electron chi connectivity index (χ1n) is 5.67. The lowest BCUT2D eigenvalue weighted by Gasteiger charge is -2.10. The van der Waals surface area contributed by atoms with E-state index in [0.29, 0.717) is 5.56 Å². The first kappa shape index (κ1) is 11.2. The Morgan fingerprint density at radius 2 is 1.53 bits per heavy atom. The molecule has 2 aliphatic carbocycles. The van der Waals surface area contributed by atoms with Gasteiger partial charge in [-0.2, -0.15) is 0 Å². The molecule has 0 aromatic heterocycles. The molecular formula is C16H8O3. The minimum absolute atomic E-state index is 0.204. The van der Waals surface area contributed by atoms with E-state index in [1.807, 2.05) is 0 Å². The molecule has 19 heavy (non-hydrogen) atoms. The summed E-state index contributed by atoms with van der Waals surface area (Å²) in [6, 6.07) is 13.2. The molecule has 3 nitrogen and oxygen atoms in total. The Morgan fingerprint density at radius 3 is 2.00 bits per heavy atom. The Morgan fingerprint density at radius 1 is 0.895 bits per heavy atom. The number of rotatable bonds is 0. The number of carbonyl (C=O) groups excluding carboxylic acids is 2. The first-order valence-corrected chi connectivity index (χ1v) is 5.67. The molecule has 0 atom stereocenters. The van der Waals surface area contributed by atoms with Gasteiger partial charge in [0.25, 0.3) is 0 Å². The van der Waals surface area contributed by atoms with E-state index in [1.165, 1.54) is 17.2 Å². The molecule has 0 amide bonds. The van der Waals surface area contributed by atoms with Gasteiger partial charge < -0.3 is 4.74 Å². The van der Waals surface area contributed by atoms with Crippen LogP contribution in [0.5, 0.6) is 0 Å². The van der Waals surface area contributed by atoms with E-state index < -0.39 is 11.9 Å². The van der Waals surface area contributed by atoms with Crippen LogP contribution >= 0.6 is 0 Å². The summed E-state index contributed by atoms with van der Waals surface area (Å²) < 4.78 is 4.40. The molecule has 4 rings (SSSR count). The number of esters is 2. The molecule has 1 aromatic rings. The third-order valence-corrected chi connectivity index (χ3v) is 3.05. The van der Waals surface area contributed by atoms with Crippen LogP contribution in [-0.2, 0) is 4.74 Å². The molecule has 0 saturated heterocycles. The van der Waals surface area contributed by atoms with Gasteiger partial charge in [0.1, 0.15) is 0 Å². The first-order chi connectivity index (χ1) is 9.20. The van der Waals surface area contributed by atoms with Crippen LogP contribution in [0.15, 0.2) is 42.5 Å². The number of benzene rings is 2. The molecule has 3 aliphatic rings. The highest BCUT2D eigenvalue weighted by Crippen LogP contribution is 2.29. The number of carbonyl (C=O) groups is 2. The van der Waals surface area contributed by atoms with Crippen LogP contribution in [0.1, 0.15) is 26.3 Å². The number of ether oxygens (including phenoxy) is 1. The lowest BCUT2D eigenvalue weighted by Crippen LogP contribution is -1.98. The lowest BCUT2D eigenvalue weighted by atomic mass is 9.95. The fourth-order valence-electron chi connectivity index (χ4n) is 1.92. The van der Waals surface area contributed by atoms with Crippen molar-refractivity contribution in [1.29, 1.82) is 0 Å². The minimum Gasteiger partial charge on any atom is -0.386 e. The molecule has 0 fully saturated rings. The lowest BCUT2D eigenvalue weighted by molar-refractivity contribution is 0.0443. The van der Waals surface area contributed by atoms with Gasteiger partial charge in [0, 0.05) is 5.56 Å². The average molecular weight is 248 g/mol. The number of hydrogen-bond donors (Lipinski definition) is 0. The van der Waals surface area contributed by atoms with Gasteiger partial charge in [0.15, 0.2) is 0 Å². The summed E-state index contributed by atoms with van der Waals surface area (Å²) in [7, 11) is 0. The smallest absolute Gasteiger partial charge is 0.348 e. The fraction of sp³-hybridized carbons (Fsp3) is 0. The van der Waals surface area contributed by atoms with Crippen LogP contribution < -0.4 is 0 Å². The van der Waals surface area contributed by atoms with Crippen LogP contribution in [0.2, 0.25) is 0 Å². The summed E-state index contributed by atoms with van der Waals surface area (Å²) in [5.41, 5.74) is 3.70. The van der Waals surface area contributed by atoms with Crippen LogP contribution in [0.4, 0.5) is 0 Å². The molecule has 0 unspecified atom stereocenters. The van der Waals surface area contributed by atoms with Crippen molar-refractivity contribution in [2.45, 2.75) is 0 Å². The fourth-order valence-corrected chi connectivity index (χ4v) is 1.92. The topological polar surface area (TPSA) is 43.4 Å². The van der Waals surface area contributed by atoms with Crippen molar-refractivity contribution in [3.63, 3.8) is 0 Å². The van der Waals surface area contributed by atoms with Crippen molar-refractivity contribution in [1.82, 2.24) is 0 Å². The molecule has 0 radical (unpaired) electrons. The maximum Gasteiger partial charge on any atom is 0.348 e. The normalized spacial score (nSPS) is 12.8. The minimum atomic E-state index is -0.659. The Kier molecular flexibility index (Phi) is 2.43. The Hall–Kier alpha value is -2.86. The van der Waals surface area contributed by atoms with E-state index in [9.17, 15) is 9.59 Å². The molecular weight excluding hydrogens is 240 g/mol. The van der Waals surface area contributed by atoms with E-state index in [-0.39, 0.29) is 11.1 Å². The Labute approximate surface area is 109 Å². The molecule has 0 bridgehead atoms. The molecule has 1 heterocycles. The molecule has 0 saturated carbocycles. The summed E-state index contributed by atoms with van der Waals surface area (Å²) >= 11 is 0. The summed E-state index contributed by atoms with van der Waals surface area (Å²) in [6.45, 7) is 0. The molecule has 1 aromatic carbocycles. The highest BCUT2D eigenvalue weighted by Gasteiger charge is 2.31. The number of cyclic esters (lactones) is 2. The van der Waals surface area contributed by atoms with E-state index in [0.717, 1.165) is 0 Å². The zero-order valence-electron chi connectivity index (χ0n) is 9.84. The van der Waals surface area contributed by atoms with Crippen molar-refractivity contribution >= 4 is 11.9 Å². The monoisotopic (exact) mass is 248 g/mol. The summed E-state index contributed by atoms with van der Waals surface area (Å²) in [5.74, 6) is 1.04. The second-order valence-electron chi connectivity index (χ2n) is 4.13. The van der Waals surface area contributed by atoms with Gasteiger partial charge >= 0.3 is 11.9 Å². The number of fused-ring (bicyclic) bond motifs is 2. The standard InChI is InChI=1S/C10H4O3.C6H4/c1-2-6-4-3-5-7-8(6)10(12)13-9(7)11;1-2-6-4-3-5(1)6/h1,3-5H;1-4H. The Bertz CT molecular complexity index is 713. The zero-order valence-corrected chi connectivity index (χ0v) is 9.84. The predicted octanol–water partition coefficient (Wildman–Crippen LogP) is 2.65. The van der Waals surface area contributed by atoms with Gasteiger partial charge in [-0.15, -0.1) is 6.42 Å². The highest BCUT2D eigenvalue weighted by atomic mass is 16.6. The van der Waals surface area contributed by atoms with E-state index in [2.05, 4.69) is 34.9 Å². The zero-order chi connectivity index (χ0) is 13.4. The van der Waals surface area contributed by atoms with Gasteiger partial charge in [-0.05, 0) is 23.3 Å². The second kappa shape index (κ2) is 4.11. The van der Waals surface area contributed by atoms with Crippen LogP contribution in [0.3, 0.4) is 0 Å². The maximum atomic E-state index is 11.1. The average Bonchev–Trinajstić information content (AvgIpc) is 2.70. The van der Waals surface area contributed by atoms with Crippen molar-refractivity contribution in [2.24, 2.45) is 0 Å². The highest BCUT2D eigenvalue weighted by molar-refractivity contribution is 6.15. The van der Waals surface area contributed by atoms with Gasteiger partial charge in [0.05, 0.1) is 11.1 Å². The van der Waals surface area contributed by atoms with Crippen LogP contribution in [-0.4, -0.2) is 11.9 Å². The van der Waals surface area contributed by atoms with E-state index in [1.54, 1.807) is 12.1 Å². The summed E-state index contributed by atoms with van der Waals surface area (Å²) in [4.78, 5) is 22.1. The molecule has 0 N–H and O–H groups in total. The molecule has 1 aliphatic heterocycles. The van der Waals surface area contributed by atoms with Crippen molar-refractivity contribution in [3.8, 4) is 23.5 Å². The number of terminal acetylenes is 1. The predicted molar refractivity (Wildman–Crippen MR) is 69.6 cm³/mol. The third kappa shape index (κ3) is 1.71. The largest absolute Gasteiger partial charge is 0.386 e. The van der Waals surface area contributed by atoms with Gasteiger partial charge in [-0.25, -0.2) is 9.59 Å². The summed E-state index contributed by atoms with van der Waals surface area (Å²) in [6.07, 6.45) is 5.16. The Balaban J connectivity index is 0.000000151. The van der Waals surface area contributed by atoms with Crippen molar-refractivity contribution in [2.75, 3.05) is 0 Å². The second-order valence-corrected chi connectivity index (χ2v) is 4.13. The van der Waals surface area contributed by atoms with Gasteiger partial charge in [0.2, 0.25) is 0 Å². The molecule has 90 valence electrons. The molecule has 3 heteroatoms. The number of hydrogen-bond acceptors (Lipinski definition) is 3. The maximum absolute atomic E-state index is 11.1. The van der Waals surface area contributed by atoms with Crippen LogP contribution in [0, 0.1) is 12.3 Å². The summed E-state index contributed by atoms with van der Waals surface area (Å²) in [5, 5.41) is 0. The van der Waals surface area contributed by atoms with Gasteiger partial charge in [-0.3, -0.25) is 0 Å². The SMILES string of the molecule is C#Cc1cccc2c1C(=O)OC2=O.c1cc2ccc1-2. The van der Waals surface area contributed by atoms with Crippen molar-refractivity contribution < 1.29 is 14.3 Å². The molecule has 0 spiro atoms. The third-order valence-electron chi connectivity index (χ3n) is 3.05. The van der Waals surface area contributed by atoms with Crippen LogP contribution in [0.25, 0.3) is 11.1 Å². The van der Waals surface area contributed by atoms with Crippen molar-refractivity contribution in [3.05, 3.63) is 59.2 Å². The van der Waals surface area contributed by atoms with Gasteiger partial charge in [-0.1, -0.05) is 36.3 Å². The quantitative estimate of drug-likeness (QED) is 0.349. The van der Waals surface area contributed by atoms with E-state index >= 15 is 0 Å². The van der Waals surface area contributed by atoms with E-state index in [4.69, 9.17) is 6.42 Å².